The minimum absolute atomic E-state index is 0.0325. The zero-order valence-corrected chi connectivity index (χ0v) is 15.7. The lowest BCUT2D eigenvalue weighted by atomic mass is 9.79. The number of carbonyl (C=O) groups excluding carboxylic acids is 1. The van der Waals surface area contributed by atoms with Gasteiger partial charge in [-0.15, -0.1) is 0 Å². The summed E-state index contributed by atoms with van der Waals surface area (Å²) in [5.74, 6) is 0.257. The molecule has 1 spiro atoms. The van der Waals surface area contributed by atoms with E-state index in [0.717, 1.165) is 25.2 Å². The average Bonchev–Trinajstić information content (AvgIpc) is 2.96. The van der Waals surface area contributed by atoms with Gasteiger partial charge in [0.1, 0.15) is 5.60 Å². The number of rotatable bonds is 3. The quantitative estimate of drug-likeness (QED) is 0.606. The summed E-state index contributed by atoms with van der Waals surface area (Å²) >= 11 is 0. The Balaban J connectivity index is 1.64. The van der Waals surface area contributed by atoms with Crippen LogP contribution in [0.5, 0.6) is 5.75 Å². The van der Waals surface area contributed by atoms with Gasteiger partial charge in [0, 0.05) is 43.3 Å². The Morgan fingerprint density at radius 3 is 2.54 bits per heavy atom. The highest BCUT2D eigenvalue weighted by molar-refractivity contribution is 5.70. The van der Waals surface area contributed by atoms with Crippen molar-refractivity contribution in [1.29, 1.82) is 0 Å². The monoisotopic (exact) mass is 363 g/mol. The van der Waals surface area contributed by atoms with Gasteiger partial charge in [0.15, 0.2) is 5.75 Å². The maximum atomic E-state index is 12.1. The standard InChI is InChI=1S/C18H25N3O5/c1-17(2,3)26-16(22)20-11-18(12-20)7-8-19(10-18)13-5-6-15(25-4)14(9-13)21(23)24/h5-6,9H,7-8,10-12H2,1-4H3. The molecule has 0 N–H and O–H groups in total. The molecule has 142 valence electrons. The van der Waals surface area contributed by atoms with Crippen LogP contribution in [0, 0.1) is 15.5 Å². The summed E-state index contributed by atoms with van der Waals surface area (Å²) in [6.07, 6.45) is 0.674. The SMILES string of the molecule is COc1ccc(N2CCC3(CN(C(=O)OC(C)(C)C)C3)C2)cc1[N+](=O)[O-]. The molecule has 26 heavy (non-hydrogen) atoms. The van der Waals surface area contributed by atoms with E-state index in [0.29, 0.717) is 13.1 Å². The number of methoxy groups -OCH3 is 1. The van der Waals surface area contributed by atoms with Crippen molar-refractivity contribution in [3.63, 3.8) is 0 Å². The van der Waals surface area contributed by atoms with Gasteiger partial charge >= 0.3 is 11.8 Å². The van der Waals surface area contributed by atoms with E-state index in [-0.39, 0.29) is 22.9 Å². The number of hydrogen-bond donors (Lipinski definition) is 0. The molecule has 3 rings (SSSR count). The van der Waals surface area contributed by atoms with Gasteiger partial charge in [0.2, 0.25) is 0 Å². The number of ether oxygens (including phenoxy) is 2. The second kappa shape index (κ2) is 6.34. The third kappa shape index (κ3) is 3.54. The Labute approximate surface area is 152 Å². The normalized spacial score (nSPS) is 18.6. The number of amides is 1. The fraction of sp³-hybridized carbons (Fsp3) is 0.611. The lowest BCUT2D eigenvalue weighted by molar-refractivity contribution is -0.385. The van der Waals surface area contributed by atoms with Crippen LogP contribution >= 0.6 is 0 Å². The molecule has 2 aliphatic heterocycles. The summed E-state index contributed by atoms with van der Waals surface area (Å²) in [6, 6.07) is 5.03. The summed E-state index contributed by atoms with van der Waals surface area (Å²) in [5.41, 5.74) is 0.329. The van der Waals surface area contributed by atoms with Crippen molar-refractivity contribution in [2.75, 3.05) is 38.2 Å². The highest BCUT2D eigenvalue weighted by atomic mass is 16.6. The van der Waals surface area contributed by atoms with Crippen molar-refractivity contribution in [2.45, 2.75) is 32.8 Å². The third-order valence-corrected chi connectivity index (χ3v) is 4.87. The maximum Gasteiger partial charge on any atom is 0.410 e. The molecule has 0 aromatic heterocycles. The minimum atomic E-state index is -0.496. The van der Waals surface area contributed by atoms with Gasteiger partial charge in [0.05, 0.1) is 12.0 Å². The van der Waals surface area contributed by atoms with Crippen LogP contribution in [0.3, 0.4) is 0 Å². The summed E-state index contributed by atoms with van der Waals surface area (Å²) in [6.45, 7) is 8.48. The molecule has 0 aliphatic carbocycles. The molecule has 1 amide bonds. The van der Waals surface area contributed by atoms with E-state index in [1.807, 2.05) is 26.8 Å². The summed E-state index contributed by atoms with van der Waals surface area (Å²) in [4.78, 5) is 26.8. The van der Waals surface area contributed by atoms with Crippen LogP contribution in [0.4, 0.5) is 16.2 Å². The number of carbonyl (C=O) groups is 1. The first-order valence-corrected chi connectivity index (χ1v) is 8.68. The predicted octanol–water partition coefficient (Wildman–Crippen LogP) is 3.05. The molecule has 0 radical (unpaired) electrons. The summed E-state index contributed by atoms with van der Waals surface area (Å²) in [7, 11) is 1.42. The second-order valence-corrected chi connectivity index (χ2v) is 8.12. The predicted molar refractivity (Wildman–Crippen MR) is 96.7 cm³/mol. The molecule has 8 nitrogen and oxygen atoms in total. The molecular formula is C18H25N3O5. The summed E-state index contributed by atoms with van der Waals surface area (Å²) in [5, 5.41) is 11.2. The number of nitro benzene ring substituents is 1. The highest BCUT2D eigenvalue weighted by Gasteiger charge is 2.50. The van der Waals surface area contributed by atoms with Crippen molar-refractivity contribution >= 4 is 17.5 Å². The topological polar surface area (TPSA) is 85.2 Å². The Morgan fingerprint density at radius 1 is 1.27 bits per heavy atom. The molecule has 2 heterocycles. The van der Waals surface area contributed by atoms with Crippen LogP contribution in [-0.2, 0) is 4.74 Å². The van der Waals surface area contributed by atoms with Gasteiger partial charge in [-0.25, -0.2) is 4.79 Å². The first-order chi connectivity index (χ1) is 12.1. The van der Waals surface area contributed by atoms with Gasteiger partial charge in [-0.1, -0.05) is 0 Å². The molecule has 2 aliphatic rings. The van der Waals surface area contributed by atoms with E-state index in [1.54, 1.807) is 17.0 Å². The van der Waals surface area contributed by atoms with Crippen molar-refractivity contribution < 1.29 is 19.2 Å². The average molecular weight is 363 g/mol. The van der Waals surface area contributed by atoms with Gasteiger partial charge in [-0.05, 0) is 39.3 Å². The molecular weight excluding hydrogens is 338 g/mol. The Kier molecular flexibility index (Phi) is 4.46. The summed E-state index contributed by atoms with van der Waals surface area (Å²) < 4.78 is 10.5. The van der Waals surface area contributed by atoms with Crippen molar-refractivity contribution in [1.82, 2.24) is 4.90 Å². The molecule has 1 aromatic carbocycles. The zero-order valence-electron chi connectivity index (χ0n) is 15.7. The van der Waals surface area contributed by atoms with Crippen LogP contribution in [-0.4, -0.2) is 54.8 Å². The number of likely N-dealkylation sites (tertiary alicyclic amines) is 1. The smallest absolute Gasteiger partial charge is 0.410 e. The number of nitro groups is 1. The van der Waals surface area contributed by atoms with Gasteiger partial charge in [0.25, 0.3) is 0 Å². The Bertz CT molecular complexity index is 722. The lowest BCUT2D eigenvalue weighted by Gasteiger charge is -2.47. The number of benzene rings is 1. The van der Waals surface area contributed by atoms with Crippen LogP contribution in [0.2, 0.25) is 0 Å². The highest BCUT2D eigenvalue weighted by Crippen LogP contribution is 2.42. The second-order valence-electron chi connectivity index (χ2n) is 8.12. The maximum absolute atomic E-state index is 12.1. The minimum Gasteiger partial charge on any atom is -0.490 e. The van der Waals surface area contributed by atoms with Crippen LogP contribution in [0.1, 0.15) is 27.2 Å². The van der Waals surface area contributed by atoms with Crippen LogP contribution < -0.4 is 9.64 Å². The van der Waals surface area contributed by atoms with E-state index in [2.05, 4.69) is 4.90 Å². The van der Waals surface area contributed by atoms with Gasteiger partial charge in [-0.2, -0.15) is 0 Å². The first kappa shape index (κ1) is 18.3. The molecule has 1 aromatic rings. The first-order valence-electron chi connectivity index (χ1n) is 8.68. The number of anilines is 1. The fourth-order valence-electron chi connectivity index (χ4n) is 3.65. The van der Waals surface area contributed by atoms with Crippen LogP contribution in [0.25, 0.3) is 0 Å². The van der Waals surface area contributed by atoms with Crippen LogP contribution in [0.15, 0.2) is 18.2 Å². The largest absolute Gasteiger partial charge is 0.490 e. The van der Waals surface area contributed by atoms with E-state index in [4.69, 9.17) is 9.47 Å². The molecule has 2 fully saturated rings. The fourth-order valence-corrected chi connectivity index (χ4v) is 3.65. The van der Waals surface area contributed by atoms with E-state index in [1.165, 1.54) is 7.11 Å². The van der Waals surface area contributed by atoms with E-state index in [9.17, 15) is 14.9 Å². The van der Waals surface area contributed by atoms with Gasteiger partial charge in [-0.3, -0.25) is 10.1 Å². The molecule has 0 atom stereocenters. The lowest BCUT2D eigenvalue weighted by Crippen LogP contribution is -2.60. The molecule has 0 unspecified atom stereocenters. The Morgan fingerprint density at radius 2 is 1.96 bits per heavy atom. The third-order valence-electron chi connectivity index (χ3n) is 4.87. The van der Waals surface area contributed by atoms with Crippen molar-refractivity contribution in [2.24, 2.45) is 5.41 Å². The number of nitrogens with zero attached hydrogens (tertiary/aromatic N) is 3. The zero-order chi connectivity index (χ0) is 19.1. The molecule has 8 heteroatoms. The van der Waals surface area contributed by atoms with E-state index >= 15 is 0 Å². The van der Waals surface area contributed by atoms with E-state index < -0.39 is 10.5 Å². The number of hydrogen-bond acceptors (Lipinski definition) is 6. The Hall–Kier alpha value is -2.51. The molecule has 0 saturated carbocycles. The molecule has 0 bridgehead atoms. The van der Waals surface area contributed by atoms with Crippen molar-refractivity contribution in [3.8, 4) is 5.75 Å². The van der Waals surface area contributed by atoms with Crippen molar-refractivity contribution in [3.05, 3.63) is 28.3 Å². The molecule has 2 saturated heterocycles. The van der Waals surface area contributed by atoms with Gasteiger partial charge < -0.3 is 19.3 Å².